The van der Waals surface area contributed by atoms with Crippen molar-refractivity contribution in [3.05, 3.63) is 65.2 Å². The fourth-order valence-electron chi connectivity index (χ4n) is 2.84. The van der Waals surface area contributed by atoms with Gasteiger partial charge in [0.2, 0.25) is 5.91 Å². The van der Waals surface area contributed by atoms with Gasteiger partial charge in [0, 0.05) is 24.1 Å². The van der Waals surface area contributed by atoms with Crippen molar-refractivity contribution in [1.82, 2.24) is 0 Å². The zero-order valence-electron chi connectivity index (χ0n) is 15.7. The van der Waals surface area contributed by atoms with Gasteiger partial charge in [-0.15, -0.1) is 0 Å². The molecule has 0 radical (unpaired) electrons. The summed E-state index contributed by atoms with van der Waals surface area (Å²) in [5.74, 6) is -0.801. The predicted molar refractivity (Wildman–Crippen MR) is 105 cm³/mol. The van der Waals surface area contributed by atoms with Gasteiger partial charge >= 0.3 is 5.97 Å². The molecule has 142 valence electrons. The van der Waals surface area contributed by atoms with E-state index in [4.69, 9.17) is 5.11 Å². The van der Waals surface area contributed by atoms with Gasteiger partial charge in [0.05, 0.1) is 6.42 Å². The average molecular weight is 367 g/mol. The summed E-state index contributed by atoms with van der Waals surface area (Å²) in [7, 11) is 0. The molecule has 2 N–H and O–H groups in total. The molecule has 0 aliphatic rings. The summed E-state index contributed by atoms with van der Waals surface area (Å²) >= 11 is 0. The second-order valence-corrected chi connectivity index (χ2v) is 6.99. The van der Waals surface area contributed by atoms with Crippen molar-refractivity contribution in [3.8, 4) is 0 Å². The molecule has 0 saturated heterocycles. The monoisotopic (exact) mass is 367 g/mol. The number of carboxylic acid groups (broad SMARTS) is 1. The first-order chi connectivity index (χ1) is 12.8. The van der Waals surface area contributed by atoms with Gasteiger partial charge < -0.3 is 10.4 Å². The van der Waals surface area contributed by atoms with E-state index in [9.17, 15) is 14.4 Å². The van der Waals surface area contributed by atoms with Crippen LogP contribution in [0, 0.1) is 5.92 Å². The van der Waals surface area contributed by atoms with Crippen LogP contribution in [0.15, 0.2) is 48.5 Å². The Morgan fingerprint density at radius 2 is 1.63 bits per heavy atom. The standard InChI is InChI=1S/C22H25NO4/c1-15(2)13-16-7-9-17(10-8-16)20(24)11-12-21(25)23-19-6-4-3-5-18(19)14-22(26)27/h3-10,15H,11-14H2,1-2H3,(H,23,25)(H,26,27). The molecule has 2 rings (SSSR count). The van der Waals surface area contributed by atoms with Crippen LogP contribution in [0.25, 0.3) is 0 Å². The van der Waals surface area contributed by atoms with Crippen molar-refractivity contribution in [3.63, 3.8) is 0 Å². The largest absolute Gasteiger partial charge is 0.481 e. The molecule has 2 aromatic carbocycles. The number of ketones is 1. The van der Waals surface area contributed by atoms with E-state index in [1.54, 1.807) is 36.4 Å². The third kappa shape index (κ3) is 6.70. The molecule has 27 heavy (non-hydrogen) atoms. The lowest BCUT2D eigenvalue weighted by Gasteiger charge is -2.10. The van der Waals surface area contributed by atoms with Crippen molar-refractivity contribution in [2.75, 3.05) is 5.32 Å². The van der Waals surface area contributed by atoms with E-state index in [-0.39, 0.29) is 31.0 Å². The van der Waals surface area contributed by atoms with Crippen molar-refractivity contribution < 1.29 is 19.5 Å². The third-order valence-corrected chi connectivity index (χ3v) is 4.13. The summed E-state index contributed by atoms with van der Waals surface area (Å²) in [5.41, 5.74) is 2.79. The van der Waals surface area contributed by atoms with Gasteiger partial charge in [-0.3, -0.25) is 14.4 Å². The van der Waals surface area contributed by atoms with Crippen molar-refractivity contribution in [1.29, 1.82) is 0 Å². The van der Waals surface area contributed by atoms with Gasteiger partial charge in [-0.2, -0.15) is 0 Å². The minimum Gasteiger partial charge on any atom is -0.481 e. The lowest BCUT2D eigenvalue weighted by atomic mass is 9.99. The van der Waals surface area contributed by atoms with Crippen LogP contribution in [-0.2, 0) is 22.4 Å². The number of hydrogen-bond acceptors (Lipinski definition) is 3. The second-order valence-electron chi connectivity index (χ2n) is 6.99. The summed E-state index contributed by atoms with van der Waals surface area (Å²) in [4.78, 5) is 35.3. The molecule has 0 heterocycles. The highest BCUT2D eigenvalue weighted by Gasteiger charge is 2.12. The zero-order chi connectivity index (χ0) is 19.8. The Labute approximate surface area is 159 Å². The number of carbonyl (C=O) groups excluding carboxylic acids is 2. The maximum absolute atomic E-state index is 12.3. The van der Waals surface area contributed by atoms with Crippen LogP contribution in [0.5, 0.6) is 0 Å². The first kappa shape index (κ1) is 20.4. The molecule has 0 spiro atoms. The second kappa shape index (κ2) is 9.67. The van der Waals surface area contributed by atoms with E-state index in [1.165, 1.54) is 5.56 Å². The Kier molecular flexibility index (Phi) is 7.29. The topological polar surface area (TPSA) is 83.5 Å². The Balaban J connectivity index is 1.90. The molecule has 0 fully saturated rings. The Bertz CT molecular complexity index is 809. The maximum Gasteiger partial charge on any atom is 0.307 e. The molecular weight excluding hydrogens is 342 g/mol. The normalized spacial score (nSPS) is 10.6. The Hall–Kier alpha value is -2.95. The molecule has 5 nitrogen and oxygen atoms in total. The van der Waals surface area contributed by atoms with Gasteiger partial charge in [0.1, 0.15) is 0 Å². The number of amides is 1. The third-order valence-electron chi connectivity index (χ3n) is 4.13. The highest BCUT2D eigenvalue weighted by Crippen LogP contribution is 2.17. The molecular formula is C22H25NO4. The summed E-state index contributed by atoms with van der Waals surface area (Å²) in [6, 6.07) is 14.3. The fourth-order valence-corrected chi connectivity index (χ4v) is 2.84. The average Bonchev–Trinajstić information content (AvgIpc) is 2.61. The summed E-state index contributed by atoms with van der Waals surface area (Å²) in [6.07, 6.45) is 0.954. The molecule has 0 aromatic heterocycles. The van der Waals surface area contributed by atoms with Gasteiger partial charge in [0.15, 0.2) is 5.78 Å². The molecule has 0 bridgehead atoms. The van der Waals surface area contributed by atoms with Crippen molar-refractivity contribution in [2.45, 2.75) is 39.5 Å². The molecule has 0 saturated carbocycles. The quantitative estimate of drug-likeness (QED) is 0.653. The number of hydrogen-bond donors (Lipinski definition) is 2. The predicted octanol–water partition coefficient (Wildman–Crippen LogP) is 4.11. The highest BCUT2D eigenvalue weighted by atomic mass is 16.4. The number of benzene rings is 2. The number of nitrogens with one attached hydrogen (secondary N) is 1. The maximum atomic E-state index is 12.3. The van der Waals surface area contributed by atoms with Crippen LogP contribution in [0.2, 0.25) is 0 Å². The van der Waals surface area contributed by atoms with Crippen LogP contribution in [0.4, 0.5) is 5.69 Å². The molecule has 0 unspecified atom stereocenters. The summed E-state index contributed by atoms with van der Waals surface area (Å²) in [6.45, 7) is 4.29. The van der Waals surface area contributed by atoms with Crippen LogP contribution in [0.1, 0.15) is 48.2 Å². The number of aliphatic carboxylic acids is 1. The van der Waals surface area contributed by atoms with Crippen LogP contribution in [0.3, 0.4) is 0 Å². The molecule has 1 amide bonds. The Morgan fingerprint density at radius 3 is 2.26 bits per heavy atom. The lowest BCUT2D eigenvalue weighted by molar-refractivity contribution is -0.136. The molecule has 0 atom stereocenters. The van der Waals surface area contributed by atoms with Crippen LogP contribution < -0.4 is 5.32 Å². The van der Waals surface area contributed by atoms with Crippen LogP contribution >= 0.6 is 0 Å². The summed E-state index contributed by atoms with van der Waals surface area (Å²) in [5, 5.41) is 11.6. The molecule has 2 aromatic rings. The lowest BCUT2D eigenvalue weighted by Crippen LogP contribution is -2.15. The van der Waals surface area contributed by atoms with E-state index >= 15 is 0 Å². The van der Waals surface area contributed by atoms with E-state index in [1.807, 2.05) is 12.1 Å². The first-order valence-corrected chi connectivity index (χ1v) is 9.07. The van der Waals surface area contributed by atoms with Gasteiger partial charge in [-0.25, -0.2) is 0 Å². The minimum absolute atomic E-state index is 0.0496. The SMILES string of the molecule is CC(C)Cc1ccc(C(=O)CCC(=O)Nc2ccccc2CC(=O)O)cc1. The van der Waals surface area contributed by atoms with Crippen molar-refractivity contribution >= 4 is 23.3 Å². The Morgan fingerprint density at radius 1 is 0.963 bits per heavy atom. The molecule has 0 aliphatic carbocycles. The molecule has 0 aliphatic heterocycles. The number of carboxylic acids is 1. The highest BCUT2D eigenvalue weighted by molar-refractivity contribution is 6.00. The van der Waals surface area contributed by atoms with Crippen molar-refractivity contribution in [2.24, 2.45) is 5.92 Å². The van der Waals surface area contributed by atoms with E-state index < -0.39 is 5.97 Å². The molecule has 5 heteroatoms. The van der Waals surface area contributed by atoms with Gasteiger partial charge in [-0.1, -0.05) is 56.3 Å². The first-order valence-electron chi connectivity index (χ1n) is 9.07. The smallest absolute Gasteiger partial charge is 0.307 e. The van der Waals surface area contributed by atoms with Gasteiger partial charge in [-0.05, 0) is 29.5 Å². The minimum atomic E-state index is -0.965. The van der Waals surface area contributed by atoms with Gasteiger partial charge in [0.25, 0.3) is 0 Å². The van der Waals surface area contributed by atoms with E-state index in [0.717, 1.165) is 6.42 Å². The zero-order valence-corrected chi connectivity index (χ0v) is 15.7. The number of Topliss-reactive ketones (excluding diaryl/α,β-unsaturated/α-hetero) is 1. The number of carbonyl (C=O) groups is 3. The van der Waals surface area contributed by atoms with Crippen LogP contribution in [-0.4, -0.2) is 22.8 Å². The van der Waals surface area contributed by atoms with E-state index in [0.29, 0.717) is 22.7 Å². The van der Waals surface area contributed by atoms with E-state index in [2.05, 4.69) is 19.2 Å². The summed E-state index contributed by atoms with van der Waals surface area (Å²) < 4.78 is 0. The number of anilines is 1. The fraction of sp³-hybridized carbons (Fsp3) is 0.318. The number of para-hydroxylation sites is 1. The number of rotatable bonds is 9.